The van der Waals surface area contributed by atoms with E-state index in [1.807, 2.05) is 37.3 Å². The summed E-state index contributed by atoms with van der Waals surface area (Å²) in [5.74, 6) is 0.318. The molecule has 4 nitrogen and oxygen atoms in total. The normalized spacial score (nSPS) is 12.9. The van der Waals surface area contributed by atoms with Crippen molar-refractivity contribution in [3.63, 3.8) is 0 Å². The van der Waals surface area contributed by atoms with Crippen LogP contribution in [-0.2, 0) is 10.0 Å². The molecule has 0 spiro atoms. The Hall–Kier alpha value is -1.37. The minimum atomic E-state index is -3.69. The van der Waals surface area contributed by atoms with Gasteiger partial charge in [-0.15, -0.1) is 0 Å². The summed E-state index contributed by atoms with van der Waals surface area (Å²) in [6.07, 6.45) is 0.652. The van der Waals surface area contributed by atoms with Crippen LogP contribution in [0.25, 0.3) is 0 Å². The highest BCUT2D eigenvalue weighted by atomic mass is 79.9. The maximum absolute atomic E-state index is 12.7. The van der Waals surface area contributed by atoms with Gasteiger partial charge in [-0.2, -0.15) is 0 Å². The highest BCUT2D eigenvalue weighted by Crippen LogP contribution is 2.29. The average Bonchev–Trinajstić information content (AvgIpc) is 2.53. The highest BCUT2D eigenvalue weighted by molar-refractivity contribution is 9.10. The van der Waals surface area contributed by atoms with E-state index in [9.17, 15) is 8.42 Å². The maximum Gasteiger partial charge on any atom is 0.244 e. The zero-order valence-corrected chi connectivity index (χ0v) is 14.8. The lowest BCUT2D eigenvalue weighted by atomic mass is 10.1. The second-order valence-electron chi connectivity index (χ2n) is 4.79. The average molecular weight is 384 g/mol. The molecular formula is C16H18BrNO3S. The van der Waals surface area contributed by atoms with Gasteiger partial charge in [0.2, 0.25) is 10.0 Å². The summed E-state index contributed by atoms with van der Waals surface area (Å²) in [6.45, 7) is 1.94. The topological polar surface area (TPSA) is 55.4 Å². The molecule has 22 heavy (non-hydrogen) atoms. The lowest BCUT2D eigenvalue weighted by Crippen LogP contribution is -2.28. The van der Waals surface area contributed by atoms with Crippen molar-refractivity contribution in [3.05, 3.63) is 58.6 Å². The summed E-state index contributed by atoms with van der Waals surface area (Å²) in [5.41, 5.74) is 0.933. The Morgan fingerprint density at radius 1 is 1.18 bits per heavy atom. The third kappa shape index (κ3) is 3.88. The van der Waals surface area contributed by atoms with Crippen LogP contribution >= 0.6 is 15.9 Å². The Morgan fingerprint density at radius 2 is 1.86 bits per heavy atom. The van der Waals surface area contributed by atoms with Gasteiger partial charge < -0.3 is 4.74 Å². The van der Waals surface area contributed by atoms with Crippen molar-refractivity contribution in [1.82, 2.24) is 4.72 Å². The fourth-order valence-electron chi connectivity index (χ4n) is 2.18. The molecule has 0 radical (unpaired) electrons. The standard InChI is InChI=1S/C16H18BrNO3S/c1-3-14(12-7-5-4-6-8-12)18-22(19,20)16-11-13(17)9-10-15(16)21-2/h4-11,14,18H,3H2,1-2H3/t14-/m0/s1. The molecule has 1 atom stereocenters. The molecule has 0 aliphatic rings. The second kappa shape index (κ2) is 7.26. The number of halogens is 1. The lowest BCUT2D eigenvalue weighted by Gasteiger charge is -2.18. The Kier molecular flexibility index (Phi) is 5.61. The van der Waals surface area contributed by atoms with Crippen molar-refractivity contribution in [1.29, 1.82) is 0 Å². The van der Waals surface area contributed by atoms with Crippen LogP contribution < -0.4 is 9.46 Å². The van der Waals surface area contributed by atoms with Gasteiger partial charge in [0, 0.05) is 10.5 Å². The van der Waals surface area contributed by atoms with E-state index in [0.29, 0.717) is 16.6 Å². The number of hydrogen-bond donors (Lipinski definition) is 1. The van der Waals surface area contributed by atoms with Gasteiger partial charge in [-0.1, -0.05) is 53.2 Å². The molecule has 0 unspecified atom stereocenters. The highest BCUT2D eigenvalue weighted by Gasteiger charge is 2.24. The van der Waals surface area contributed by atoms with E-state index < -0.39 is 10.0 Å². The van der Waals surface area contributed by atoms with Gasteiger partial charge in [-0.3, -0.25) is 0 Å². The second-order valence-corrected chi connectivity index (χ2v) is 7.39. The number of sulfonamides is 1. The molecule has 0 aliphatic carbocycles. The molecule has 0 aromatic heterocycles. The Balaban J connectivity index is 2.37. The van der Waals surface area contributed by atoms with Crippen LogP contribution in [0.3, 0.4) is 0 Å². The molecule has 6 heteroatoms. The van der Waals surface area contributed by atoms with E-state index in [4.69, 9.17) is 4.74 Å². The van der Waals surface area contributed by atoms with Crippen molar-refractivity contribution in [2.45, 2.75) is 24.3 Å². The van der Waals surface area contributed by atoms with Crippen molar-refractivity contribution in [2.75, 3.05) is 7.11 Å². The first-order valence-corrected chi connectivity index (χ1v) is 9.16. The SMILES string of the molecule is CC[C@H](NS(=O)(=O)c1cc(Br)ccc1OC)c1ccccc1. The molecule has 118 valence electrons. The van der Waals surface area contributed by atoms with E-state index in [2.05, 4.69) is 20.7 Å². The van der Waals surface area contributed by atoms with Crippen LogP contribution in [0, 0.1) is 0 Å². The van der Waals surface area contributed by atoms with E-state index in [0.717, 1.165) is 5.56 Å². The lowest BCUT2D eigenvalue weighted by molar-refractivity contribution is 0.401. The summed E-state index contributed by atoms with van der Waals surface area (Å²) in [6, 6.07) is 14.1. The largest absolute Gasteiger partial charge is 0.495 e. The fraction of sp³-hybridized carbons (Fsp3) is 0.250. The van der Waals surface area contributed by atoms with Crippen LogP contribution in [-0.4, -0.2) is 15.5 Å². The molecule has 0 aliphatic heterocycles. The van der Waals surface area contributed by atoms with Crippen molar-refractivity contribution < 1.29 is 13.2 Å². The van der Waals surface area contributed by atoms with E-state index in [-0.39, 0.29) is 10.9 Å². The summed E-state index contributed by atoms with van der Waals surface area (Å²) in [7, 11) is -2.23. The van der Waals surface area contributed by atoms with Crippen LogP contribution in [0.1, 0.15) is 24.9 Å². The van der Waals surface area contributed by atoms with E-state index in [1.54, 1.807) is 18.2 Å². The van der Waals surface area contributed by atoms with Crippen LogP contribution in [0.4, 0.5) is 0 Å². The molecule has 2 rings (SSSR count). The first-order chi connectivity index (χ1) is 10.5. The van der Waals surface area contributed by atoms with Gasteiger partial charge in [0.05, 0.1) is 7.11 Å². The van der Waals surface area contributed by atoms with Gasteiger partial charge in [-0.25, -0.2) is 13.1 Å². The van der Waals surface area contributed by atoms with Gasteiger partial charge in [0.1, 0.15) is 10.6 Å². The quantitative estimate of drug-likeness (QED) is 0.822. The van der Waals surface area contributed by atoms with Gasteiger partial charge in [-0.05, 0) is 30.2 Å². The molecule has 1 N–H and O–H groups in total. The number of ether oxygens (including phenoxy) is 1. The predicted molar refractivity (Wildman–Crippen MR) is 90.5 cm³/mol. The number of methoxy groups -OCH3 is 1. The minimum Gasteiger partial charge on any atom is -0.495 e. The van der Waals surface area contributed by atoms with Crippen LogP contribution in [0.5, 0.6) is 5.75 Å². The van der Waals surface area contributed by atoms with E-state index in [1.165, 1.54) is 7.11 Å². The molecule has 2 aromatic carbocycles. The minimum absolute atomic E-state index is 0.124. The molecule has 0 saturated heterocycles. The van der Waals surface area contributed by atoms with Crippen molar-refractivity contribution in [2.24, 2.45) is 0 Å². The van der Waals surface area contributed by atoms with Crippen molar-refractivity contribution in [3.8, 4) is 5.75 Å². The van der Waals surface area contributed by atoms with Crippen LogP contribution in [0.2, 0.25) is 0 Å². The fourth-order valence-corrected chi connectivity index (χ4v) is 4.20. The van der Waals surface area contributed by atoms with Crippen molar-refractivity contribution >= 4 is 26.0 Å². The molecule has 0 fully saturated rings. The first-order valence-electron chi connectivity index (χ1n) is 6.88. The predicted octanol–water partition coefficient (Wildman–Crippen LogP) is 3.89. The summed E-state index contributed by atoms with van der Waals surface area (Å²) >= 11 is 3.30. The molecule has 2 aromatic rings. The Labute approximate surface area is 139 Å². The molecule has 0 amide bonds. The van der Waals surface area contributed by atoms with Gasteiger partial charge >= 0.3 is 0 Å². The molecular weight excluding hydrogens is 366 g/mol. The number of benzene rings is 2. The van der Waals surface area contributed by atoms with Gasteiger partial charge in [0.25, 0.3) is 0 Å². The number of nitrogens with one attached hydrogen (secondary N) is 1. The zero-order valence-electron chi connectivity index (χ0n) is 12.4. The number of hydrogen-bond acceptors (Lipinski definition) is 3. The molecule has 0 heterocycles. The zero-order chi connectivity index (χ0) is 16.2. The first kappa shape index (κ1) is 17.0. The third-order valence-corrected chi connectivity index (χ3v) is 5.31. The number of rotatable bonds is 6. The van der Waals surface area contributed by atoms with Gasteiger partial charge in [0.15, 0.2) is 0 Å². The molecule has 0 bridgehead atoms. The summed E-state index contributed by atoms with van der Waals surface area (Å²) in [5, 5.41) is 0. The maximum atomic E-state index is 12.7. The Morgan fingerprint density at radius 3 is 2.45 bits per heavy atom. The Bertz CT molecular complexity index is 732. The monoisotopic (exact) mass is 383 g/mol. The molecule has 0 saturated carbocycles. The van der Waals surface area contributed by atoms with Crippen LogP contribution in [0.15, 0.2) is 57.9 Å². The summed E-state index contributed by atoms with van der Waals surface area (Å²) < 4.78 is 34.0. The smallest absolute Gasteiger partial charge is 0.244 e. The summed E-state index contributed by atoms with van der Waals surface area (Å²) in [4.78, 5) is 0.124. The van der Waals surface area contributed by atoms with E-state index >= 15 is 0 Å². The third-order valence-electron chi connectivity index (χ3n) is 3.32.